The first-order valence-electron chi connectivity index (χ1n) is 7.42. The summed E-state index contributed by atoms with van der Waals surface area (Å²) in [5.41, 5.74) is 17.5. The second kappa shape index (κ2) is 6.86. The van der Waals surface area contributed by atoms with Crippen LogP contribution in [-0.4, -0.2) is 0 Å². The summed E-state index contributed by atoms with van der Waals surface area (Å²) in [6.45, 7) is 8.68. The first-order chi connectivity index (χ1) is 8.45. The van der Waals surface area contributed by atoms with E-state index in [1.165, 1.54) is 36.8 Å². The monoisotopic (exact) mass is 250 g/mol. The maximum atomic E-state index is 6.33. The van der Waals surface area contributed by atoms with Gasteiger partial charge in [0.1, 0.15) is 0 Å². The van der Waals surface area contributed by atoms with Gasteiger partial charge < -0.3 is 11.5 Å². The van der Waals surface area contributed by atoms with Crippen LogP contribution in [0.1, 0.15) is 66.2 Å². The van der Waals surface area contributed by atoms with Crippen molar-refractivity contribution in [3.63, 3.8) is 0 Å². The van der Waals surface area contributed by atoms with E-state index in [2.05, 4.69) is 27.7 Å². The zero-order valence-electron chi connectivity index (χ0n) is 12.6. The zero-order chi connectivity index (χ0) is 13.7. The number of allylic oxidation sites excluding steroid dienone is 4. The summed E-state index contributed by atoms with van der Waals surface area (Å²) in [4.78, 5) is 0. The molecule has 0 unspecified atom stereocenters. The molecule has 1 fully saturated rings. The standard InChI is InChI=1S/C16H30N2/c1-11(2)15(17)13-9-7-5-6-8-10-14(13)16(18)12(3)4/h11-12H,5-10,17-18H2,1-4H3/b15-13-,16-14-. The highest BCUT2D eigenvalue weighted by Gasteiger charge is 2.18. The second-order valence-electron chi connectivity index (χ2n) is 6.09. The SMILES string of the molecule is CC(C)/C(N)=C1\CCCCCC\C1=C(\N)C(C)C. The van der Waals surface area contributed by atoms with Gasteiger partial charge in [0, 0.05) is 11.4 Å². The number of hydrogen-bond acceptors (Lipinski definition) is 2. The van der Waals surface area contributed by atoms with Gasteiger partial charge in [-0.05, 0) is 48.7 Å². The van der Waals surface area contributed by atoms with Crippen LogP contribution in [-0.2, 0) is 0 Å². The Morgan fingerprint density at radius 2 is 1.06 bits per heavy atom. The Balaban J connectivity index is 3.20. The number of nitrogens with two attached hydrogens (primary N) is 2. The highest BCUT2D eigenvalue weighted by molar-refractivity contribution is 5.38. The lowest BCUT2D eigenvalue weighted by Crippen LogP contribution is -2.17. The Kier molecular flexibility index (Phi) is 5.77. The normalized spacial score (nSPS) is 23.9. The quantitative estimate of drug-likeness (QED) is 0.776. The highest BCUT2D eigenvalue weighted by atomic mass is 14.6. The summed E-state index contributed by atoms with van der Waals surface area (Å²) in [6, 6.07) is 0. The molecule has 1 aliphatic rings. The predicted octanol–water partition coefficient (Wildman–Crippen LogP) is 4.08. The van der Waals surface area contributed by atoms with Crippen LogP contribution in [0.4, 0.5) is 0 Å². The van der Waals surface area contributed by atoms with Crippen LogP contribution in [0.25, 0.3) is 0 Å². The third kappa shape index (κ3) is 3.79. The number of rotatable bonds is 2. The molecule has 0 saturated heterocycles. The van der Waals surface area contributed by atoms with Crippen molar-refractivity contribution in [1.82, 2.24) is 0 Å². The van der Waals surface area contributed by atoms with E-state index in [0.717, 1.165) is 24.2 Å². The average Bonchev–Trinajstić information content (AvgIpc) is 2.27. The van der Waals surface area contributed by atoms with Gasteiger partial charge in [-0.1, -0.05) is 40.5 Å². The molecule has 0 bridgehead atoms. The molecule has 1 rings (SSSR count). The molecule has 1 aliphatic carbocycles. The third-order valence-electron chi connectivity index (χ3n) is 3.91. The molecule has 2 nitrogen and oxygen atoms in total. The molecule has 4 N–H and O–H groups in total. The molecule has 0 aromatic rings. The van der Waals surface area contributed by atoms with Gasteiger partial charge in [0.2, 0.25) is 0 Å². The topological polar surface area (TPSA) is 52.0 Å². The van der Waals surface area contributed by atoms with E-state index in [-0.39, 0.29) is 0 Å². The molecular formula is C16H30N2. The van der Waals surface area contributed by atoms with Crippen molar-refractivity contribution in [2.75, 3.05) is 0 Å². The molecule has 0 atom stereocenters. The van der Waals surface area contributed by atoms with Crippen molar-refractivity contribution in [3.05, 3.63) is 22.5 Å². The Bertz CT molecular complexity index is 301. The van der Waals surface area contributed by atoms with Crippen molar-refractivity contribution in [3.8, 4) is 0 Å². The molecule has 18 heavy (non-hydrogen) atoms. The minimum Gasteiger partial charge on any atom is -0.402 e. The third-order valence-corrected chi connectivity index (χ3v) is 3.91. The van der Waals surface area contributed by atoms with Crippen molar-refractivity contribution >= 4 is 0 Å². The van der Waals surface area contributed by atoms with E-state index in [1.807, 2.05) is 0 Å². The van der Waals surface area contributed by atoms with E-state index >= 15 is 0 Å². The van der Waals surface area contributed by atoms with E-state index in [9.17, 15) is 0 Å². The average molecular weight is 250 g/mol. The van der Waals surface area contributed by atoms with Crippen molar-refractivity contribution in [1.29, 1.82) is 0 Å². The molecule has 0 radical (unpaired) electrons. The summed E-state index contributed by atoms with van der Waals surface area (Å²) in [7, 11) is 0. The van der Waals surface area contributed by atoms with Crippen LogP contribution < -0.4 is 11.5 Å². The first-order valence-corrected chi connectivity index (χ1v) is 7.42. The van der Waals surface area contributed by atoms with Crippen LogP contribution >= 0.6 is 0 Å². The van der Waals surface area contributed by atoms with Gasteiger partial charge in [-0.25, -0.2) is 0 Å². The molecular weight excluding hydrogens is 220 g/mol. The Labute approximate surface area is 113 Å². The maximum Gasteiger partial charge on any atom is 0.0142 e. The fourth-order valence-electron chi connectivity index (χ4n) is 2.59. The lowest BCUT2D eigenvalue weighted by Gasteiger charge is -2.24. The zero-order valence-corrected chi connectivity index (χ0v) is 12.6. The fourth-order valence-corrected chi connectivity index (χ4v) is 2.59. The molecule has 104 valence electrons. The highest BCUT2D eigenvalue weighted by Crippen LogP contribution is 2.32. The first kappa shape index (κ1) is 15.1. The lowest BCUT2D eigenvalue weighted by molar-refractivity contribution is 0.592. The summed E-state index contributed by atoms with van der Waals surface area (Å²) in [6.07, 6.45) is 7.35. The smallest absolute Gasteiger partial charge is 0.0142 e. The van der Waals surface area contributed by atoms with Crippen molar-refractivity contribution in [2.24, 2.45) is 23.3 Å². The van der Waals surface area contributed by atoms with Gasteiger partial charge in [0.05, 0.1) is 0 Å². The van der Waals surface area contributed by atoms with Crippen LogP contribution in [0, 0.1) is 11.8 Å². The molecule has 0 heterocycles. The van der Waals surface area contributed by atoms with Gasteiger partial charge in [-0.15, -0.1) is 0 Å². The molecule has 0 aliphatic heterocycles. The summed E-state index contributed by atoms with van der Waals surface area (Å²) < 4.78 is 0. The van der Waals surface area contributed by atoms with E-state index in [4.69, 9.17) is 11.5 Å². The maximum absolute atomic E-state index is 6.33. The van der Waals surface area contributed by atoms with Gasteiger partial charge in [-0.3, -0.25) is 0 Å². The molecule has 0 aromatic carbocycles. The lowest BCUT2D eigenvalue weighted by atomic mass is 9.85. The van der Waals surface area contributed by atoms with Crippen LogP contribution in [0.15, 0.2) is 22.5 Å². The predicted molar refractivity (Wildman–Crippen MR) is 79.8 cm³/mol. The van der Waals surface area contributed by atoms with Crippen LogP contribution in [0.2, 0.25) is 0 Å². The Hall–Kier alpha value is -0.920. The Morgan fingerprint density at radius 3 is 1.33 bits per heavy atom. The van der Waals surface area contributed by atoms with Crippen molar-refractivity contribution < 1.29 is 0 Å². The number of hydrogen-bond donors (Lipinski definition) is 2. The fraction of sp³-hybridized carbons (Fsp3) is 0.750. The Morgan fingerprint density at radius 1 is 0.722 bits per heavy atom. The van der Waals surface area contributed by atoms with Crippen molar-refractivity contribution in [2.45, 2.75) is 66.2 Å². The van der Waals surface area contributed by atoms with Crippen LogP contribution in [0.3, 0.4) is 0 Å². The minimum atomic E-state index is 0.411. The molecule has 0 aromatic heterocycles. The van der Waals surface area contributed by atoms with Gasteiger partial charge >= 0.3 is 0 Å². The summed E-state index contributed by atoms with van der Waals surface area (Å²) in [5.74, 6) is 0.823. The molecule has 0 amide bonds. The van der Waals surface area contributed by atoms with Crippen LogP contribution in [0.5, 0.6) is 0 Å². The van der Waals surface area contributed by atoms with E-state index in [0.29, 0.717) is 11.8 Å². The largest absolute Gasteiger partial charge is 0.402 e. The van der Waals surface area contributed by atoms with E-state index in [1.54, 1.807) is 0 Å². The molecule has 1 saturated carbocycles. The van der Waals surface area contributed by atoms with E-state index < -0.39 is 0 Å². The van der Waals surface area contributed by atoms with Gasteiger partial charge in [0.25, 0.3) is 0 Å². The summed E-state index contributed by atoms with van der Waals surface area (Å²) in [5, 5.41) is 0. The second-order valence-corrected chi connectivity index (χ2v) is 6.09. The summed E-state index contributed by atoms with van der Waals surface area (Å²) >= 11 is 0. The minimum absolute atomic E-state index is 0.411. The van der Waals surface area contributed by atoms with Gasteiger partial charge in [0.15, 0.2) is 0 Å². The molecule has 0 spiro atoms. The van der Waals surface area contributed by atoms with Gasteiger partial charge in [-0.2, -0.15) is 0 Å². The molecule has 2 heteroatoms.